The van der Waals surface area contributed by atoms with Crippen LogP contribution in [0.2, 0.25) is 0 Å². The van der Waals surface area contributed by atoms with Gasteiger partial charge < -0.3 is 10.2 Å². The van der Waals surface area contributed by atoms with Crippen molar-refractivity contribution in [2.45, 2.75) is 18.6 Å². The topological polar surface area (TPSA) is 71.0 Å². The molecule has 1 aromatic carbocycles. The Labute approximate surface area is 182 Å². The summed E-state index contributed by atoms with van der Waals surface area (Å²) in [6, 6.07) is 8.33. The van der Waals surface area contributed by atoms with E-state index in [0.717, 1.165) is 18.6 Å². The Balaban J connectivity index is 0.00000272. The Morgan fingerprint density at radius 3 is 2.61 bits per heavy atom. The first-order valence-corrected chi connectivity index (χ1v) is 9.33. The SMILES string of the molecule is C=CC(=O)N1CC[C@H](Nc2nnc(-c3ccc(C(F)(F)F)cc3)c3cccnc23)C1.Cl. The molecule has 31 heavy (non-hydrogen) atoms. The summed E-state index contributed by atoms with van der Waals surface area (Å²) in [5, 5.41) is 12.4. The molecule has 1 N–H and O–H groups in total. The third-order valence-electron chi connectivity index (χ3n) is 5.04. The highest BCUT2D eigenvalue weighted by Crippen LogP contribution is 2.33. The van der Waals surface area contributed by atoms with E-state index in [-0.39, 0.29) is 24.4 Å². The van der Waals surface area contributed by atoms with Crippen molar-refractivity contribution in [3.63, 3.8) is 0 Å². The molecule has 0 saturated carbocycles. The van der Waals surface area contributed by atoms with Crippen LogP contribution in [0.5, 0.6) is 0 Å². The fourth-order valence-corrected chi connectivity index (χ4v) is 3.51. The molecule has 1 atom stereocenters. The predicted molar refractivity (Wildman–Crippen MR) is 114 cm³/mol. The number of fused-ring (bicyclic) bond motifs is 1. The van der Waals surface area contributed by atoms with E-state index >= 15 is 0 Å². The number of halogens is 4. The molecule has 10 heteroatoms. The van der Waals surface area contributed by atoms with Crippen LogP contribution in [0.1, 0.15) is 12.0 Å². The van der Waals surface area contributed by atoms with E-state index in [1.165, 1.54) is 18.2 Å². The molecule has 1 fully saturated rings. The van der Waals surface area contributed by atoms with E-state index in [0.29, 0.717) is 41.1 Å². The molecule has 1 amide bonds. The molecule has 1 aliphatic heterocycles. The fourth-order valence-electron chi connectivity index (χ4n) is 3.51. The zero-order valence-corrected chi connectivity index (χ0v) is 17.1. The largest absolute Gasteiger partial charge is 0.416 e. The third-order valence-corrected chi connectivity index (χ3v) is 5.04. The molecule has 1 saturated heterocycles. The van der Waals surface area contributed by atoms with Gasteiger partial charge in [-0.2, -0.15) is 13.2 Å². The van der Waals surface area contributed by atoms with Gasteiger partial charge in [0.15, 0.2) is 5.82 Å². The Kier molecular flexibility index (Phi) is 6.45. The lowest BCUT2D eigenvalue weighted by molar-refractivity contribution is -0.137. The van der Waals surface area contributed by atoms with Gasteiger partial charge in [0.05, 0.1) is 5.56 Å². The van der Waals surface area contributed by atoms with Crippen LogP contribution >= 0.6 is 12.4 Å². The zero-order valence-electron chi connectivity index (χ0n) is 16.3. The number of rotatable bonds is 4. The summed E-state index contributed by atoms with van der Waals surface area (Å²) in [6.45, 7) is 4.64. The fraction of sp³-hybridized carbons (Fsp3) is 0.238. The maximum atomic E-state index is 12.8. The molecule has 3 heterocycles. The summed E-state index contributed by atoms with van der Waals surface area (Å²) in [7, 11) is 0. The van der Waals surface area contributed by atoms with Crippen LogP contribution in [-0.2, 0) is 11.0 Å². The van der Waals surface area contributed by atoms with Gasteiger partial charge in [0.2, 0.25) is 5.91 Å². The highest BCUT2D eigenvalue weighted by atomic mass is 35.5. The summed E-state index contributed by atoms with van der Waals surface area (Å²) < 4.78 is 38.5. The number of amides is 1. The maximum Gasteiger partial charge on any atom is 0.416 e. The molecule has 0 spiro atoms. The molecule has 3 aromatic rings. The van der Waals surface area contributed by atoms with Crippen LogP contribution in [-0.4, -0.2) is 45.1 Å². The number of aromatic nitrogens is 3. The number of alkyl halides is 3. The number of pyridine rings is 1. The summed E-state index contributed by atoms with van der Waals surface area (Å²) >= 11 is 0. The highest BCUT2D eigenvalue weighted by molar-refractivity contribution is 5.97. The van der Waals surface area contributed by atoms with E-state index in [1.54, 1.807) is 23.2 Å². The lowest BCUT2D eigenvalue weighted by Crippen LogP contribution is -2.30. The normalized spacial score (nSPS) is 16.1. The van der Waals surface area contributed by atoms with Crippen molar-refractivity contribution >= 4 is 35.0 Å². The smallest absolute Gasteiger partial charge is 0.362 e. The highest BCUT2D eigenvalue weighted by Gasteiger charge is 2.30. The number of carbonyl (C=O) groups excluding carboxylic acids is 1. The van der Waals surface area contributed by atoms with Gasteiger partial charge in [-0.3, -0.25) is 9.78 Å². The van der Waals surface area contributed by atoms with E-state index in [2.05, 4.69) is 27.1 Å². The predicted octanol–water partition coefficient (Wildman–Crippen LogP) is 4.33. The molecular weight excluding hydrogens is 431 g/mol. The number of hydrogen-bond acceptors (Lipinski definition) is 5. The summed E-state index contributed by atoms with van der Waals surface area (Å²) in [4.78, 5) is 17.9. The summed E-state index contributed by atoms with van der Waals surface area (Å²) in [5.41, 5.74) is 0.812. The van der Waals surface area contributed by atoms with Crippen molar-refractivity contribution in [3.8, 4) is 11.3 Å². The molecule has 0 bridgehead atoms. The number of nitrogens with zero attached hydrogens (tertiary/aromatic N) is 4. The van der Waals surface area contributed by atoms with Gasteiger partial charge >= 0.3 is 6.18 Å². The lowest BCUT2D eigenvalue weighted by Gasteiger charge is -2.16. The zero-order chi connectivity index (χ0) is 21.3. The van der Waals surface area contributed by atoms with E-state index < -0.39 is 11.7 Å². The number of hydrogen-bond donors (Lipinski definition) is 1. The van der Waals surface area contributed by atoms with Crippen molar-refractivity contribution in [2.24, 2.45) is 0 Å². The van der Waals surface area contributed by atoms with E-state index in [9.17, 15) is 18.0 Å². The molecule has 6 nitrogen and oxygen atoms in total. The number of likely N-dealkylation sites (tertiary alicyclic amines) is 1. The molecular formula is C21H19ClF3N5O. The molecule has 0 unspecified atom stereocenters. The average Bonchev–Trinajstić information content (AvgIpc) is 3.21. The number of nitrogens with one attached hydrogen (secondary N) is 1. The van der Waals surface area contributed by atoms with Crippen LogP contribution < -0.4 is 5.32 Å². The second-order valence-corrected chi connectivity index (χ2v) is 6.99. The molecule has 162 valence electrons. The van der Waals surface area contributed by atoms with E-state index in [1.807, 2.05) is 0 Å². The molecule has 0 radical (unpaired) electrons. The standard InChI is InChI=1S/C21H18F3N5O.ClH/c1-2-17(30)29-11-9-15(12-29)26-20-19-16(4-3-10-25-19)18(27-28-20)13-5-7-14(8-6-13)21(22,23)24;/h2-8,10,15H,1,9,11-12H2,(H,26,28);1H/t15-;/m0./s1. The van der Waals surface area contributed by atoms with Crippen LogP contribution in [0.25, 0.3) is 22.2 Å². The van der Waals surface area contributed by atoms with Gasteiger partial charge in [-0.15, -0.1) is 22.6 Å². The molecule has 2 aromatic heterocycles. The first-order chi connectivity index (χ1) is 14.4. The number of anilines is 1. The Morgan fingerprint density at radius 2 is 1.94 bits per heavy atom. The average molecular weight is 450 g/mol. The summed E-state index contributed by atoms with van der Waals surface area (Å²) in [6.07, 6.45) is -0.744. The van der Waals surface area contributed by atoms with Crippen molar-refractivity contribution < 1.29 is 18.0 Å². The summed E-state index contributed by atoms with van der Waals surface area (Å²) in [5.74, 6) is 0.352. The minimum absolute atomic E-state index is 0. The van der Waals surface area contributed by atoms with Crippen molar-refractivity contribution in [3.05, 3.63) is 60.8 Å². The van der Waals surface area contributed by atoms with Gasteiger partial charge in [0, 0.05) is 36.3 Å². The molecule has 0 aliphatic carbocycles. The monoisotopic (exact) mass is 449 g/mol. The Hall–Kier alpha value is -3.20. The Bertz CT molecular complexity index is 1100. The number of carbonyl (C=O) groups is 1. The number of benzene rings is 1. The first-order valence-electron chi connectivity index (χ1n) is 9.33. The van der Waals surface area contributed by atoms with Gasteiger partial charge in [-0.25, -0.2) is 0 Å². The maximum absolute atomic E-state index is 12.8. The van der Waals surface area contributed by atoms with Crippen LogP contribution in [0.3, 0.4) is 0 Å². The Morgan fingerprint density at radius 1 is 1.19 bits per heavy atom. The second-order valence-electron chi connectivity index (χ2n) is 6.99. The third kappa shape index (κ3) is 4.61. The second kappa shape index (κ2) is 8.89. The van der Waals surface area contributed by atoms with Crippen molar-refractivity contribution in [1.29, 1.82) is 0 Å². The quantitative estimate of drug-likeness (QED) is 0.600. The van der Waals surface area contributed by atoms with Gasteiger partial charge in [0.25, 0.3) is 0 Å². The van der Waals surface area contributed by atoms with Gasteiger partial charge in [-0.1, -0.05) is 18.7 Å². The van der Waals surface area contributed by atoms with E-state index in [4.69, 9.17) is 0 Å². The molecule has 4 rings (SSSR count). The lowest BCUT2D eigenvalue weighted by atomic mass is 10.1. The van der Waals surface area contributed by atoms with Crippen LogP contribution in [0, 0.1) is 0 Å². The minimum atomic E-state index is -4.40. The van der Waals surface area contributed by atoms with Gasteiger partial charge in [0.1, 0.15) is 11.2 Å². The molecule has 1 aliphatic rings. The first kappa shape index (κ1) is 22.5. The van der Waals surface area contributed by atoms with Crippen LogP contribution in [0.4, 0.5) is 19.0 Å². The van der Waals surface area contributed by atoms with Gasteiger partial charge in [-0.05, 0) is 36.8 Å². The van der Waals surface area contributed by atoms with Crippen LogP contribution in [0.15, 0.2) is 55.3 Å². The van der Waals surface area contributed by atoms with Crippen molar-refractivity contribution in [1.82, 2.24) is 20.1 Å². The van der Waals surface area contributed by atoms with Crippen molar-refractivity contribution in [2.75, 3.05) is 18.4 Å². The minimum Gasteiger partial charge on any atom is -0.362 e.